The average Bonchev–Trinajstić information content (AvgIpc) is 2.55. The summed E-state index contributed by atoms with van der Waals surface area (Å²) in [6.07, 6.45) is 0.466. The highest BCUT2D eigenvalue weighted by atomic mass is 79.9. The van der Waals surface area contributed by atoms with Crippen LogP contribution in [0.4, 0.5) is 15.8 Å². The first-order chi connectivity index (χ1) is 11.5. The number of fused-ring (bicyclic) bond motifs is 1. The minimum Gasteiger partial charge on any atom is -0.467 e. The number of nitrogens with one attached hydrogen (secondary N) is 1. The van der Waals surface area contributed by atoms with Crippen molar-refractivity contribution in [3.05, 3.63) is 61.9 Å². The molecule has 8 heteroatoms. The van der Waals surface area contributed by atoms with Crippen molar-refractivity contribution in [3.63, 3.8) is 0 Å². The molecule has 0 aliphatic carbocycles. The van der Waals surface area contributed by atoms with E-state index in [0.29, 0.717) is 46.6 Å². The number of halogens is 2. The Kier molecular flexibility index (Phi) is 4.96. The lowest BCUT2D eigenvalue weighted by atomic mass is 10.1. The first-order valence-electron chi connectivity index (χ1n) is 7.24. The monoisotopic (exact) mass is 396 g/mol. The van der Waals surface area contributed by atoms with Crippen molar-refractivity contribution in [2.45, 2.75) is 13.0 Å². The third-order valence-corrected chi connectivity index (χ3v) is 4.11. The van der Waals surface area contributed by atoms with E-state index in [9.17, 15) is 14.5 Å². The second-order valence-corrected chi connectivity index (χ2v) is 6.17. The molecule has 0 amide bonds. The van der Waals surface area contributed by atoms with Crippen molar-refractivity contribution in [1.29, 1.82) is 0 Å². The van der Waals surface area contributed by atoms with E-state index in [1.807, 2.05) is 0 Å². The number of anilines is 1. The van der Waals surface area contributed by atoms with E-state index in [-0.39, 0.29) is 18.3 Å². The fourth-order valence-corrected chi connectivity index (χ4v) is 2.93. The first-order valence-corrected chi connectivity index (χ1v) is 8.03. The Labute approximate surface area is 145 Å². The summed E-state index contributed by atoms with van der Waals surface area (Å²) in [5, 5.41) is 14.1. The van der Waals surface area contributed by atoms with Crippen molar-refractivity contribution in [1.82, 2.24) is 0 Å². The third kappa shape index (κ3) is 3.65. The third-order valence-electron chi connectivity index (χ3n) is 3.62. The van der Waals surface area contributed by atoms with E-state index in [0.717, 1.165) is 0 Å². The Balaban J connectivity index is 1.74. The zero-order chi connectivity index (χ0) is 17.1. The molecule has 1 N–H and O–H groups in total. The molecule has 1 heterocycles. The van der Waals surface area contributed by atoms with Gasteiger partial charge in [-0.1, -0.05) is 15.9 Å². The van der Waals surface area contributed by atoms with Crippen LogP contribution in [0.25, 0.3) is 0 Å². The van der Waals surface area contributed by atoms with E-state index < -0.39 is 4.92 Å². The van der Waals surface area contributed by atoms with Crippen LogP contribution >= 0.6 is 15.9 Å². The second kappa shape index (κ2) is 7.14. The molecule has 126 valence electrons. The molecule has 2 aromatic rings. The average molecular weight is 397 g/mol. The fourth-order valence-electron chi connectivity index (χ4n) is 2.58. The van der Waals surface area contributed by atoms with Crippen molar-refractivity contribution in [3.8, 4) is 5.75 Å². The molecule has 0 fully saturated rings. The summed E-state index contributed by atoms with van der Waals surface area (Å²) in [4.78, 5) is 10.7. The minimum absolute atomic E-state index is 0.0182. The molecule has 0 aromatic heterocycles. The van der Waals surface area contributed by atoms with Crippen molar-refractivity contribution >= 4 is 27.3 Å². The molecule has 1 aliphatic heterocycles. The van der Waals surface area contributed by atoms with E-state index >= 15 is 0 Å². The first kappa shape index (κ1) is 16.7. The van der Waals surface area contributed by atoms with Crippen LogP contribution in [0.2, 0.25) is 0 Å². The molecule has 3 rings (SSSR count). The lowest BCUT2D eigenvalue weighted by Crippen LogP contribution is -2.15. The van der Waals surface area contributed by atoms with Gasteiger partial charge in [-0.15, -0.1) is 0 Å². The Morgan fingerprint density at radius 1 is 1.33 bits per heavy atom. The van der Waals surface area contributed by atoms with Gasteiger partial charge in [0.2, 0.25) is 0 Å². The van der Waals surface area contributed by atoms with Gasteiger partial charge in [0.25, 0.3) is 5.69 Å². The van der Waals surface area contributed by atoms with Crippen molar-refractivity contribution in [2.75, 3.05) is 18.7 Å². The van der Waals surface area contributed by atoms with Gasteiger partial charge in [-0.25, -0.2) is 4.39 Å². The summed E-state index contributed by atoms with van der Waals surface area (Å²) < 4.78 is 24.9. The fraction of sp³-hybridized carbons (Fsp3) is 0.250. The molecule has 0 spiro atoms. The van der Waals surface area contributed by atoms with Gasteiger partial charge < -0.3 is 14.8 Å². The minimum atomic E-state index is -0.447. The number of nitrogens with zero attached hydrogens (tertiary/aromatic N) is 1. The van der Waals surface area contributed by atoms with Crippen LogP contribution in [0, 0.1) is 15.9 Å². The molecule has 0 unspecified atom stereocenters. The van der Waals surface area contributed by atoms with Crippen molar-refractivity contribution < 1.29 is 18.8 Å². The summed E-state index contributed by atoms with van der Waals surface area (Å²) in [6, 6.07) is 7.60. The normalized spacial score (nSPS) is 13.1. The van der Waals surface area contributed by atoms with Crippen LogP contribution in [0.1, 0.15) is 11.1 Å². The van der Waals surface area contributed by atoms with Crippen LogP contribution in [0.5, 0.6) is 5.75 Å². The molecule has 2 aromatic carbocycles. The number of ether oxygens (including phenoxy) is 2. The molecule has 1 aliphatic rings. The summed E-state index contributed by atoms with van der Waals surface area (Å²) in [7, 11) is 0. The lowest BCUT2D eigenvalue weighted by molar-refractivity contribution is -0.384. The molecule has 0 saturated heterocycles. The molecule has 0 atom stereocenters. The predicted octanol–water partition coefficient (Wildman–Crippen LogP) is 4.02. The molecule has 6 nitrogen and oxygen atoms in total. The molecular weight excluding hydrogens is 383 g/mol. The Morgan fingerprint density at radius 3 is 2.96 bits per heavy atom. The maximum absolute atomic E-state index is 13.7. The van der Waals surface area contributed by atoms with Gasteiger partial charge in [-0.05, 0) is 36.2 Å². The zero-order valence-corrected chi connectivity index (χ0v) is 14.1. The number of hydrogen-bond donors (Lipinski definition) is 1. The van der Waals surface area contributed by atoms with E-state index in [1.54, 1.807) is 12.1 Å². The van der Waals surface area contributed by atoms with E-state index in [4.69, 9.17) is 9.47 Å². The van der Waals surface area contributed by atoms with E-state index in [2.05, 4.69) is 21.2 Å². The molecule has 0 bridgehead atoms. The summed E-state index contributed by atoms with van der Waals surface area (Å²) in [6.45, 7) is 0.853. The van der Waals surface area contributed by atoms with Gasteiger partial charge in [-0.2, -0.15) is 0 Å². The van der Waals surface area contributed by atoms with Gasteiger partial charge in [0, 0.05) is 22.6 Å². The van der Waals surface area contributed by atoms with Crippen LogP contribution < -0.4 is 10.1 Å². The smallest absolute Gasteiger partial charge is 0.293 e. The van der Waals surface area contributed by atoms with Crippen LogP contribution in [-0.4, -0.2) is 18.3 Å². The van der Waals surface area contributed by atoms with Gasteiger partial charge in [0.15, 0.2) is 6.79 Å². The quantitative estimate of drug-likeness (QED) is 0.610. The van der Waals surface area contributed by atoms with Gasteiger partial charge in [0.05, 0.1) is 11.5 Å². The Hall–Kier alpha value is -2.19. The number of hydrogen-bond acceptors (Lipinski definition) is 5. The highest BCUT2D eigenvalue weighted by Gasteiger charge is 2.18. The Morgan fingerprint density at radius 2 is 2.17 bits per heavy atom. The predicted molar refractivity (Wildman–Crippen MR) is 89.7 cm³/mol. The molecule has 0 radical (unpaired) electrons. The summed E-state index contributed by atoms with van der Waals surface area (Å²) in [5.74, 6) is 0.280. The second-order valence-electron chi connectivity index (χ2n) is 5.26. The highest BCUT2D eigenvalue weighted by Crippen LogP contribution is 2.31. The molecule has 24 heavy (non-hydrogen) atoms. The largest absolute Gasteiger partial charge is 0.467 e. The topological polar surface area (TPSA) is 73.6 Å². The summed E-state index contributed by atoms with van der Waals surface area (Å²) in [5.41, 5.74) is 1.78. The summed E-state index contributed by atoms with van der Waals surface area (Å²) >= 11 is 3.22. The molecule has 0 saturated carbocycles. The lowest BCUT2D eigenvalue weighted by Gasteiger charge is -2.21. The SMILES string of the molecule is O=[N+]([O-])c1cc(Br)ccc1NCCc1cc(F)cc2c1OCOC2. The number of rotatable bonds is 5. The molecular formula is C16H14BrFN2O4. The standard InChI is InChI=1S/C16H14BrFN2O4/c17-12-1-2-14(15(7-12)20(21)22)19-4-3-10-5-13(18)6-11-8-23-9-24-16(10)11/h1-2,5-7,19H,3-4,8-9H2. The maximum Gasteiger partial charge on any atom is 0.293 e. The highest BCUT2D eigenvalue weighted by molar-refractivity contribution is 9.10. The van der Waals surface area contributed by atoms with Crippen LogP contribution in [-0.2, 0) is 17.8 Å². The number of nitro benzene ring substituents is 1. The maximum atomic E-state index is 13.7. The number of nitro groups is 1. The zero-order valence-electron chi connectivity index (χ0n) is 12.6. The van der Waals surface area contributed by atoms with Crippen LogP contribution in [0.3, 0.4) is 0 Å². The van der Waals surface area contributed by atoms with Gasteiger partial charge in [0.1, 0.15) is 17.3 Å². The van der Waals surface area contributed by atoms with Gasteiger partial charge >= 0.3 is 0 Å². The number of benzene rings is 2. The van der Waals surface area contributed by atoms with Gasteiger partial charge in [-0.3, -0.25) is 10.1 Å². The van der Waals surface area contributed by atoms with E-state index in [1.165, 1.54) is 18.2 Å². The Bertz CT molecular complexity index is 785. The van der Waals surface area contributed by atoms with Crippen LogP contribution in [0.15, 0.2) is 34.8 Å². The van der Waals surface area contributed by atoms with Crippen molar-refractivity contribution in [2.24, 2.45) is 0 Å².